The lowest BCUT2D eigenvalue weighted by atomic mass is 10.0. The highest BCUT2D eigenvalue weighted by Gasteiger charge is 2.16. The molecule has 0 aliphatic heterocycles. The number of nitrogens with two attached hydrogens (primary N) is 1. The molecular formula is C18H17N3O. The fourth-order valence-corrected chi connectivity index (χ4v) is 2.53. The molecule has 0 atom stereocenters. The standard InChI is InChI=1S/C18H17N3O/c1-12(2)10-21-18(19)16(11-22)17(20-21)15-8-7-13-5-3-4-6-14(13)9-15/h3-9,11H,1,10,19H2,2H3. The summed E-state index contributed by atoms with van der Waals surface area (Å²) in [4.78, 5) is 11.4. The highest BCUT2D eigenvalue weighted by molar-refractivity contribution is 5.94. The van der Waals surface area contributed by atoms with E-state index in [2.05, 4.69) is 11.7 Å². The maximum atomic E-state index is 11.4. The molecule has 1 aromatic heterocycles. The Morgan fingerprint density at radius 1 is 1.27 bits per heavy atom. The number of allylic oxidation sites excluding steroid dienone is 1. The Morgan fingerprint density at radius 2 is 2.00 bits per heavy atom. The molecule has 2 N–H and O–H groups in total. The van der Waals surface area contributed by atoms with E-state index in [-0.39, 0.29) is 0 Å². The second-order valence-electron chi connectivity index (χ2n) is 5.44. The van der Waals surface area contributed by atoms with Gasteiger partial charge in [-0.15, -0.1) is 0 Å². The number of carbonyl (C=O) groups is 1. The van der Waals surface area contributed by atoms with Gasteiger partial charge in [0.2, 0.25) is 0 Å². The summed E-state index contributed by atoms with van der Waals surface area (Å²) in [6.07, 6.45) is 0.766. The Hall–Kier alpha value is -2.88. The highest BCUT2D eigenvalue weighted by Crippen LogP contribution is 2.28. The molecule has 2 aromatic carbocycles. The van der Waals surface area contributed by atoms with E-state index in [0.717, 1.165) is 28.2 Å². The minimum absolute atomic E-state index is 0.376. The molecule has 110 valence electrons. The molecular weight excluding hydrogens is 274 g/mol. The van der Waals surface area contributed by atoms with Crippen LogP contribution in [0.2, 0.25) is 0 Å². The van der Waals surface area contributed by atoms with E-state index in [1.54, 1.807) is 4.68 Å². The summed E-state index contributed by atoms with van der Waals surface area (Å²) in [5, 5.41) is 6.75. The lowest BCUT2D eigenvalue weighted by molar-refractivity contribution is 0.112. The van der Waals surface area contributed by atoms with Crippen LogP contribution in [-0.4, -0.2) is 16.1 Å². The quantitative estimate of drug-likeness (QED) is 0.589. The van der Waals surface area contributed by atoms with Crippen LogP contribution in [-0.2, 0) is 6.54 Å². The number of carbonyl (C=O) groups excluding carboxylic acids is 1. The van der Waals surface area contributed by atoms with Gasteiger partial charge >= 0.3 is 0 Å². The van der Waals surface area contributed by atoms with Crippen molar-refractivity contribution in [2.75, 3.05) is 5.73 Å². The number of benzene rings is 2. The van der Waals surface area contributed by atoms with Crippen LogP contribution < -0.4 is 5.73 Å². The van der Waals surface area contributed by atoms with Gasteiger partial charge in [0.05, 0.1) is 12.1 Å². The molecule has 0 fully saturated rings. The zero-order valence-corrected chi connectivity index (χ0v) is 12.4. The van der Waals surface area contributed by atoms with E-state index in [4.69, 9.17) is 5.73 Å². The van der Waals surface area contributed by atoms with E-state index < -0.39 is 0 Å². The minimum Gasteiger partial charge on any atom is -0.383 e. The lowest BCUT2D eigenvalue weighted by Crippen LogP contribution is -2.05. The van der Waals surface area contributed by atoms with Crippen molar-refractivity contribution in [2.45, 2.75) is 13.5 Å². The number of hydrogen-bond acceptors (Lipinski definition) is 3. The van der Waals surface area contributed by atoms with Gasteiger partial charge in [0, 0.05) is 5.56 Å². The van der Waals surface area contributed by atoms with Gasteiger partial charge in [-0.25, -0.2) is 4.68 Å². The summed E-state index contributed by atoms with van der Waals surface area (Å²) >= 11 is 0. The summed E-state index contributed by atoms with van der Waals surface area (Å²) in [5.74, 6) is 0.376. The maximum absolute atomic E-state index is 11.4. The molecule has 4 heteroatoms. The third kappa shape index (κ3) is 2.39. The monoisotopic (exact) mass is 291 g/mol. The van der Waals surface area contributed by atoms with E-state index >= 15 is 0 Å². The molecule has 0 bridgehead atoms. The van der Waals surface area contributed by atoms with Crippen LogP contribution in [0.25, 0.3) is 22.0 Å². The van der Waals surface area contributed by atoms with Crippen LogP contribution in [0.4, 0.5) is 5.82 Å². The molecule has 0 saturated heterocycles. The molecule has 0 aliphatic carbocycles. The number of anilines is 1. The number of aromatic nitrogens is 2. The molecule has 3 aromatic rings. The lowest BCUT2D eigenvalue weighted by Gasteiger charge is -2.02. The molecule has 0 amide bonds. The zero-order valence-electron chi connectivity index (χ0n) is 12.4. The predicted molar refractivity (Wildman–Crippen MR) is 89.8 cm³/mol. The maximum Gasteiger partial charge on any atom is 0.156 e. The van der Waals surface area contributed by atoms with Crippen LogP contribution in [0.3, 0.4) is 0 Å². The predicted octanol–water partition coefficient (Wildman–Crippen LogP) is 3.67. The average molecular weight is 291 g/mol. The van der Waals surface area contributed by atoms with Gasteiger partial charge < -0.3 is 5.73 Å². The van der Waals surface area contributed by atoms with Crippen molar-refractivity contribution in [3.8, 4) is 11.3 Å². The van der Waals surface area contributed by atoms with Crippen LogP contribution in [0.1, 0.15) is 17.3 Å². The average Bonchev–Trinajstić information content (AvgIpc) is 2.82. The first kappa shape index (κ1) is 14.1. The third-order valence-corrected chi connectivity index (χ3v) is 3.59. The number of fused-ring (bicyclic) bond motifs is 1. The Bertz CT molecular complexity index is 877. The molecule has 0 saturated carbocycles. The van der Waals surface area contributed by atoms with Crippen molar-refractivity contribution in [3.05, 3.63) is 60.2 Å². The van der Waals surface area contributed by atoms with Crippen molar-refractivity contribution < 1.29 is 4.79 Å². The van der Waals surface area contributed by atoms with Crippen LogP contribution in [0.15, 0.2) is 54.6 Å². The largest absolute Gasteiger partial charge is 0.383 e. The van der Waals surface area contributed by atoms with Gasteiger partial charge in [-0.05, 0) is 23.8 Å². The second kappa shape index (κ2) is 5.48. The SMILES string of the molecule is C=C(C)Cn1nc(-c2ccc3ccccc3c2)c(C=O)c1N. The molecule has 0 unspecified atom stereocenters. The summed E-state index contributed by atoms with van der Waals surface area (Å²) in [5.41, 5.74) is 8.89. The molecule has 0 aliphatic rings. The van der Waals surface area contributed by atoms with E-state index in [1.165, 1.54) is 0 Å². The first-order chi connectivity index (χ1) is 10.6. The van der Waals surface area contributed by atoms with Crippen molar-refractivity contribution in [2.24, 2.45) is 0 Å². The Kier molecular flexibility index (Phi) is 3.51. The van der Waals surface area contributed by atoms with Gasteiger partial charge in [-0.1, -0.05) is 48.6 Å². The molecule has 0 spiro atoms. The van der Waals surface area contributed by atoms with Gasteiger partial charge in [0.25, 0.3) is 0 Å². The second-order valence-corrected chi connectivity index (χ2v) is 5.44. The number of hydrogen-bond donors (Lipinski definition) is 1. The normalized spacial score (nSPS) is 10.8. The highest BCUT2D eigenvalue weighted by atomic mass is 16.1. The molecule has 3 rings (SSSR count). The zero-order chi connectivity index (χ0) is 15.7. The van der Waals surface area contributed by atoms with Crippen LogP contribution in [0.5, 0.6) is 0 Å². The van der Waals surface area contributed by atoms with Crippen LogP contribution in [0, 0.1) is 0 Å². The third-order valence-electron chi connectivity index (χ3n) is 3.59. The first-order valence-electron chi connectivity index (χ1n) is 7.05. The summed E-state index contributed by atoms with van der Waals surface area (Å²) in [6, 6.07) is 14.1. The minimum atomic E-state index is 0.376. The summed E-state index contributed by atoms with van der Waals surface area (Å²) in [7, 11) is 0. The van der Waals surface area contributed by atoms with Gasteiger partial charge in [0.1, 0.15) is 11.5 Å². The van der Waals surface area contributed by atoms with Gasteiger partial charge in [-0.2, -0.15) is 5.10 Å². The Morgan fingerprint density at radius 3 is 2.68 bits per heavy atom. The Labute approximate surface area is 128 Å². The van der Waals surface area contributed by atoms with Crippen LogP contribution >= 0.6 is 0 Å². The summed E-state index contributed by atoms with van der Waals surface area (Å²) < 4.78 is 1.62. The molecule has 0 radical (unpaired) electrons. The fraction of sp³-hybridized carbons (Fsp3) is 0.111. The van der Waals surface area contributed by atoms with E-state index in [1.807, 2.05) is 49.4 Å². The van der Waals surface area contributed by atoms with Crippen molar-refractivity contribution in [1.82, 2.24) is 9.78 Å². The van der Waals surface area contributed by atoms with E-state index in [9.17, 15) is 4.79 Å². The number of aldehydes is 1. The fourth-order valence-electron chi connectivity index (χ4n) is 2.53. The topological polar surface area (TPSA) is 60.9 Å². The number of nitrogen functional groups attached to an aromatic ring is 1. The van der Waals surface area contributed by atoms with Crippen molar-refractivity contribution in [1.29, 1.82) is 0 Å². The first-order valence-corrected chi connectivity index (χ1v) is 7.05. The van der Waals surface area contributed by atoms with Crippen molar-refractivity contribution >= 4 is 22.9 Å². The molecule has 4 nitrogen and oxygen atoms in total. The summed E-state index contributed by atoms with van der Waals surface area (Å²) in [6.45, 7) is 6.27. The van der Waals surface area contributed by atoms with E-state index in [0.29, 0.717) is 23.6 Å². The molecule has 1 heterocycles. The Balaban J connectivity index is 2.16. The number of nitrogens with zero attached hydrogens (tertiary/aromatic N) is 2. The molecule has 22 heavy (non-hydrogen) atoms. The smallest absolute Gasteiger partial charge is 0.156 e. The number of rotatable bonds is 4. The van der Waals surface area contributed by atoms with Gasteiger partial charge in [-0.3, -0.25) is 4.79 Å². The van der Waals surface area contributed by atoms with Gasteiger partial charge in [0.15, 0.2) is 6.29 Å². The van der Waals surface area contributed by atoms with Crippen molar-refractivity contribution in [3.63, 3.8) is 0 Å².